The molecular weight excluding hydrogens is 486 g/mol. The van der Waals surface area contributed by atoms with Gasteiger partial charge in [-0.3, -0.25) is 14.3 Å². The molecule has 0 spiro atoms. The summed E-state index contributed by atoms with van der Waals surface area (Å²) >= 11 is 0. The summed E-state index contributed by atoms with van der Waals surface area (Å²) in [4.78, 5) is 33.9. The fourth-order valence-corrected chi connectivity index (χ4v) is 5.82. The number of hydrogen-bond acceptors (Lipinski definition) is 8. The molecule has 12 nitrogen and oxygen atoms in total. The molecule has 1 fully saturated rings. The first kappa shape index (κ1) is 25.8. The summed E-state index contributed by atoms with van der Waals surface area (Å²) in [7, 11) is -2.18. The monoisotopic (exact) mass is 517 g/mol. The molecule has 1 aliphatic heterocycles. The first-order valence-electron chi connectivity index (χ1n) is 11.9. The fourth-order valence-electron chi connectivity index (χ4n) is 4.37. The molecule has 0 bridgehead atoms. The normalized spacial score (nSPS) is 14.9. The number of sulfonamides is 1. The van der Waals surface area contributed by atoms with Crippen LogP contribution < -0.4 is 16.0 Å². The van der Waals surface area contributed by atoms with Crippen LogP contribution in [-0.2, 0) is 28.3 Å². The molecule has 2 aromatic heterocycles. The number of piperazine rings is 1. The second-order valence-electron chi connectivity index (χ2n) is 8.51. The van der Waals surface area contributed by atoms with Crippen molar-refractivity contribution in [3.63, 3.8) is 0 Å². The molecule has 3 heterocycles. The Morgan fingerprint density at radius 3 is 2.56 bits per heavy atom. The van der Waals surface area contributed by atoms with Crippen LogP contribution in [0.1, 0.15) is 26.0 Å². The van der Waals surface area contributed by atoms with E-state index >= 15 is 0 Å². The Kier molecular flexibility index (Phi) is 7.43. The van der Waals surface area contributed by atoms with Gasteiger partial charge in [0.05, 0.1) is 29.3 Å². The van der Waals surface area contributed by atoms with Crippen LogP contribution in [0.25, 0.3) is 22.4 Å². The maximum absolute atomic E-state index is 13.5. The molecule has 0 unspecified atom stereocenters. The molecule has 0 radical (unpaired) electrons. The minimum absolute atomic E-state index is 0.0438. The van der Waals surface area contributed by atoms with E-state index in [2.05, 4.69) is 15.1 Å². The van der Waals surface area contributed by atoms with E-state index in [0.717, 1.165) is 6.42 Å². The average molecular weight is 518 g/mol. The van der Waals surface area contributed by atoms with Crippen molar-refractivity contribution in [1.82, 2.24) is 29.0 Å². The van der Waals surface area contributed by atoms with Gasteiger partial charge in [0.15, 0.2) is 5.52 Å². The summed E-state index contributed by atoms with van der Waals surface area (Å²) < 4.78 is 35.5. The predicted molar refractivity (Wildman–Crippen MR) is 134 cm³/mol. The number of ether oxygens (including phenoxy) is 1. The summed E-state index contributed by atoms with van der Waals surface area (Å²) in [5, 5.41) is 4.44. The molecule has 1 aromatic carbocycles. The van der Waals surface area contributed by atoms with E-state index in [0.29, 0.717) is 41.1 Å². The van der Waals surface area contributed by atoms with Gasteiger partial charge in [-0.15, -0.1) is 0 Å². The second kappa shape index (κ2) is 10.4. The Bertz CT molecular complexity index is 1440. The number of aromatic nitrogens is 4. The molecule has 3 N–H and O–H groups in total. The fraction of sp³-hybridized carbons (Fsp3) is 0.478. The van der Waals surface area contributed by atoms with Crippen molar-refractivity contribution >= 4 is 27.0 Å². The topological polar surface area (TPSA) is 157 Å². The van der Waals surface area contributed by atoms with Gasteiger partial charge in [0.25, 0.3) is 5.56 Å². The molecule has 0 saturated carbocycles. The number of H-pyrrole nitrogens is 1. The molecule has 1 saturated heterocycles. The van der Waals surface area contributed by atoms with Crippen LogP contribution in [0, 0.1) is 0 Å². The first-order chi connectivity index (χ1) is 17.2. The second-order valence-corrected chi connectivity index (χ2v) is 10.4. The van der Waals surface area contributed by atoms with Crippen molar-refractivity contribution < 1.29 is 17.9 Å². The lowest BCUT2D eigenvalue weighted by molar-refractivity contribution is -0.130. The minimum atomic E-state index is -3.87. The van der Waals surface area contributed by atoms with Crippen molar-refractivity contribution in [2.45, 2.75) is 31.6 Å². The molecule has 36 heavy (non-hydrogen) atoms. The standard InChI is InChI=1S/C23H31N7O5S/c1-4-6-17-20-21(28(3)27-17)23(32)26-22(25-20)16-13-15(7-8-18(16)35-5-2)36(33,34)30-11-9-29(10-12-30)19(31)14-24/h7-8,13H,4-6,9-12,14,24H2,1-3H3,(H,25,26,32). The number of aromatic amines is 1. The zero-order chi connectivity index (χ0) is 26.0. The van der Waals surface area contributed by atoms with Gasteiger partial charge < -0.3 is 20.4 Å². The number of carbonyl (C=O) groups is 1. The molecular formula is C23H31N7O5S. The average Bonchev–Trinajstić information content (AvgIpc) is 3.19. The number of carbonyl (C=O) groups excluding carboxylic acids is 1. The van der Waals surface area contributed by atoms with Crippen LogP contribution >= 0.6 is 0 Å². The van der Waals surface area contributed by atoms with Crippen molar-refractivity contribution in [3.8, 4) is 17.1 Å². The van der Waals surface area contributed by atoms with E-state index in [1.54, 1.807) is 18.0 Å². The number of aryl methyl sites for hydroxylation is 2. The molecule has 0 atom stereocenters. The minimum Gasteiger partial charge on any atom is -0.493 e. The Morgan fingerprint density at radius 2 is 1.92 bits per heavy atom. The van der Waals surface area contributed by atoms with Crippen molar-refractivity contribution in [2.75, 3.05) is 39.3 Å². The lowest BCUT2D eigenvalue weighted by Gasteiger charge is -2.33. The Morgan fingerprint density at radius 1 is 1.19 bits per heavy atom. The summed E-state index contributed by atoms with van der Waals surface area (Å²) in [6.45, 7) is 4.93. The number of rotatable bonds is 8. The number of amides is 1. The van der Waals surface area contributed by atoms with Crippen LogP contribution in [0.15, 0.2) is 27.9 Å². The number of nitrogens with two attached hydrogens (primary N) is 1. The molecule has 3 aromatic rings. The number of nitrogens with one attached hydrogen (secondary N) is 1. The third-order valence-corrected chi connectivity index (χ3v) is 8.05. The number of fused-ring (bicyclic) bond motifs is 1. The Hall–Kier alpha value is -3.29. The van der Waals surface area contributed by atoms with Crippen molar-refractivity contribution in [1.29, 1.82) is 0 Å². The Balaban J connectivity index is 1.76. The summed E-state index contributed by atoms with van der Waals surface area (Å²) in [6.07, 6.45) is 1.48. The largest absolute Gasteiger partial charge is 0.493 e. The van der Waals surface area contributed by atoms with Gasteiger partial charge in [0, 0.05) is 33.2 Å². The molecule has 0 aliphatic carbocycles. The van der Waals surface area contributed by atoms with Crippen LogP contribution in [-0.4, -0.2) is 82.6 Å². The van der Waals surface area contributed by atoms with Gasteiger partial charge in [0.2, 0.25) is 15.9 Å². The number of nitrogens with zero attached hydrogens (tertiary/aromatic N) is 5. The third-order valence-electron chi connectivity index (χ3n) is 6.16. The third kappa shape index (κ3) is 4.73. The van der Waals surface area contributed by atoms with E-state index in [1.807, 2.05) is 13.8 Å². The Labute approximate surface area is 209 Å². The van der Waals surface area contributed by atoms with Crippen LogP contribution in [0.3, 0.4) is 0 Å². The van der Waals surface area contributed by atoms with Crippen LogP contribution in [0.2, 0.25) is 0 Å². The predicted octanol–water partition coefficient (Wildman–Crippen LogP) is 0.466. The van der Waals surface area contributed by atoms with Gasteiger partial charge >= 0.3 is 0 Å². The lowest BCUT2D eigenvalue weighted by atomic mass is 10.1. The quantitative estimate of drug-likeness (QED) is 0.437. The lowest BCUT2D eigenvalue weighted by Crippen LogP contribution is -2.51. The molecule has 4 rings (SSSR count). The molecule has 13 heteroatoms. The molecule has 194 valence electrons. The zero-order valence-corrected chi connectivity index (χ0v) is 21.5. The van der Waals surface area contributed by atoms with Crippen molar-refractivity contribution in [3.05, 3.63) is 34.2 Å². The van der Waals surface area contributed by atoms with Gasteiger partial charge in [-0.25, -0.2) is 13.4 Å². The maximum atomic E-state index is 13.5. The van der Waals surface area contributed by atoms with Gasteiger partial charge in [-0.1, -0.05) is 13.3 Å². The summed E-state index contributed by atoms with van der Waals surface area (Å²) in [5.41, 5.74) is 6.96. The molecule has 1 aliphatic rings. The number of benzene rings is 1. The van der Waals surface area contributed by atoms with Gasteiger partial charge in [0.1, 0.15) is 17.1 Å². The molecule has 1 amide bonds. The zero-order valence-electron chi connectivity index (χ0n) is 20.7. The highest BCUT2D eigenvalue weighted by atomic mass is 32.2. The van der Waals surface area contributed by atoms with E-state index in [4.69, 9.17) is 10.5 Å². The van der Waals surface area contributed by atoms with Gasteiger partial charge in [-0.2, -0.15) is 9.40 Å². The maximum Gasteiger partial charge on any atom is 0.277 e. The highest BCUT2D eigenvalue weighted by Crippen LogP contribution is 2.32. The van der Waals surface area contributed by atoms with E-state index < -0.39 is 10.0 Å². The van der Waals surface area contributed by atoms with Crippen molar-refractivity contribution in [2.24, 2.45) is 12.8 Å². The van der Waals surface area contributed by atoms with E-state index in [1.165, 1.54) is 21.1 Å². The van der Waals surface area contributed by atoms with Crippen LogP contribution in [0.4, 0.5) is 0 Å². The van der Waals surface area contributed by atoms with Crippen LogP contribution in [0.5, 0.6) is 5.75 Å². The SMILES string of the molecule is CCCc1nn(C)c2c(=O)[nH]c(-c3cc(S(=O)(=O)N4CCN(C(=O)CN)CC4)ccc3OCC)nc12. The highest BCUT2D eigenvalue weighted by molar-refractivity contribution is 7.89. The van der Waals surface area contributed by atoms with Gasteiger partial charge in [-0.05, 0) is 31.5 Å². The highest BCUT2D eigenvalue weighted by Gasteiger charge is 2.31. The van der Waals surface area contributed by atoms with E-state index in [-0.39, 0.29) is 54.9 Å². The summed E-state index contributed by atoms with van der Waals surface area (Å²) in [6, 6.07) is 4.52. The number of hydrogen-bond donors (Lipinski definition) is 2. The van der Waals surface area contributed by atoms with E-state index in [9.17, 15) is 18.0 Å². The first-order valence-corrected chi connectivity index (χ1v) is 13.4. The smallest absolute Gasteiger partial charge is 0.277 e. The summed E-state index contributed by atoms with van der Waals surface area (Å²) in [5.74, 6) is 0.397.